The van der Waals surface area contributed by atoms with Crippen LogP contribution in [-0.2, 0) is 6.42 Å². The third kappa shape index (κ3) is 4.99. The van der Waals surface area contributed by atoms with Gasteiger partial charge < -0.3 is 5.32 Å². The Hall–Kier alpha value is -0.820. The molecule has 0 spiro atoms. The molecule has 19 heavy (non-hydrogen) atoms. The van der Waals surface area contributed by atoms with Crippen LogP contribution in [0.3, 0.4) is 0 Å². The van der Waals surface area contributed by atoms with E-state index in [4.69, 9.17) is 0 Å². The number of hydrogen-bond donors (Lipinski definition) is 1. The average molecular weight is 261 g/mol. The van der Waals surface area contributed by atoms with Gasteiger partial charge in [-0.2, -0.15) is 0 Å². The highest BCUT2D eigenvalue weighted by Gasteiger charge is 2.26. The minimum absolute atomic E-state index is 0.393. The van der Waals surface area contributed by atoms with Gasteiger partial charge in [0.05, 0.1) is 0 Å². The van der Waals surface area contributed by atoms with Gasteiger partial charge in [-0.05, 0) is 44.1 Å². The zero-order valence-corrected chi connectivity index (χ0v) is 13.6. The van der Waals surface area contributed by atoms with Crippen molar-refractivity contribution in [2.45, 2.75) is 66.8 Å². The molecule has 1 aromatic rings. The summed E-state index contributed by atoms with van der Waals surface area (Å²) < 4.78 is 0. The van der Waals surface area contributed by atoms with Gasteiger partial charge in [0.15, 0.2) is 0 Å². The molecular weight excluding hydrogens is 230 g/mol. The molecule has 0 aliphatic heterocycles. The van der Waals surface area contributed by atoms with Gasteiger partial charge in [0, 0.05) is 12.6 Å². The van der Waals surface area contributed by atoms with E-state index >= 15 is 0 Å². The van der Waals surface area contributed by atoms with E-state index in [1.165, 1.54) is 36.0 Å². The van der Waals surface area contributed by atoms with Gasteiger partial charge in [-0.25, -0.2) is 0 Å². The monoisotopic (exact) mass is 261 g/mol. The largest absolute Gasteiger partial charge is 0.314 e. The highest BCUT2D eigenvalue weighted by atomic mass is 14.9. The molecule has 1 rings (SSSR count). The first-order valence-electron chi connectivity index (χ1n) is 7.71. The number of rotatable bonds is 7. The van der Waals surface area contributed by atoms with Crippen LogP contribution < -0.4 is 5.32 Å². The van der Waals surface area contributed by atoms with Crippen molar-refractivity contribution >= 4 is 0 Å². The molecular formula is C18H31N. The Balaban J connectivity index is 2.87. The molecule has 0 aliphatic rings. The summed E-state index contributed by atoms with van der Waals surface area (Å²) in [7, 11) is 0. The second kappa shape index (κ2) is 7.09. The first-order valence-corrected chi connectivity index (χ1v) is 7.71. The lowest BCUT2D eigenvalue weighted by Gasteiger charge is -2.33. The Labute approximate surface area is 119 Å². The van der Waals surface area contributed by atoms with Crippen molar-refractivity contribution in [3.05, 3.63) is 34.9 Å². The Morgan fingerprint density at radius 1 is 1.00 bits per heavy atom. The quantitative estimate of drug-likeness (QED) is 0.753. The molecule has 0 atom stereocenters. The summed E-state index contributed by atoms with van der Waals surface area (Å²) in [4.78, 5) is 0. The van der Waals surface area contributed by atoms with Gasteiger partial charge in [-0.1, -0.05) is 57.0 Å². The molecule has 1 nitrogen and oxygen atoms in total. The molecule has 1 aromatic carbocycles. The topological polar surface area (TPSA) is 12.0 Å². The van der Waals surface area contributed by atoms with Gasteiger partial charge in [0.1, 0.15) is 0 Å². The van der Waals surface area contributed by atoms with E-state index in [-0.39, 0.29) is 0 Å². The molecule has 108 valence electrons. The standard InChI is InChI=1S/C18H31N/c1-7-18(8-2,13-19-14(3)4)12-17-10-15(5)9-16(6)11-17/h9-11,14,19H,7-8,12-13H2,1-6H3. The molecule has 0 heterocycles. The van der Waals surface area contributed by atoms with Crippen molar-refractivity contribution in [1.29, 1.82) is 0 Å². The number of nitrogens with one attached hydrogen (secondary N) is 1. The van der Waals surface area contributed by atoms with Crippen LogP contribution in [0.5, 0.6) is 0 Å². The number of benzene rings is 1. The van der Waals surface area contributed by atoms with E-state index in [0.717, 1.165) is 6.54 Å². The molecule has 0 aromatic heterocycles. The van der Waals surface area contributed by atoms with E-state index in [1.807, 2.05) is 0 Å². The molecule has 1 heteroatoms. The maximum atomic E-state index is 3.64. The molecule has 0 saturated heterocycles. The highest BCUT2D eigenvalue weighted by Crippen LogP contribution is 2.31. The summed E-state index contributed by atoms with van der Waals surface area (Å²) in [6.45, 7) is 14.6. The lowest BCUT2D eigenvalue weighted by atomic mass is 9.76. The van der Waals surface area contributed by atoms with Gasteiger partial charge in [0.2, 0.25) is 0 Å². The van der Waals surface area contributed by atoms with Crippen molar-refractivity contribution in [3.63, 3.8) is 0 Å². The van der Waals surface area contributed by atoms with E-state index in [1.54, 1.807) is 0 Å². The van der Waals surface area contributed by atoms with Crippen LogP contribution in [0, 0.1) is 19.3 Å². The molecule has 0 amide bonds. The fourth-order valence-electron chi connectivity index (χ4n) is 2.84. The predicted molar refractivity (Wildman–Crippen MR) is 85.8 cm³/mol. The summed E-state index contributed by atoms with van der Waals surface area (Å²) in [5.74, 6) is 0. The summed E-state index contributed by atoms with van der Waals surface area (Å²) in [5, 5.41) is 3.64. The van der Waals surface area contributed by atoms with Gasteiger partial charge in [0.25, 0.3) is 0 Å². The van der Waals surface area contributed by atoms with Crippen LogP contribution in [0.4, 0.5) is 0 Å². The van der Waals surface area contributed by atoms with Crippen molar-refractivity contribution in [2.75, 3.05) is 6.54 Å². The Kier molecular flexibility index (Phi) is 6.06. The minimum atomic E-state index is 0.393. The molecule has 0 bridgehead atoms. The van der Waals surface area contributed by atoms with Gasteiger partial charge in [-0.3, -0.25) is 0 Å². The van der Waals surface area contributed by atoms with Gasteiger partial charge in [-0.15, -0.1) is 0 Å². The molecule has 1 N–H and O–H groups in total. The second-order valence-electron chi connectivity index (χ2n) is 6.42. The first kappa shape index (κ1) is 16.2. The third-order valence-electron chi connectivity index (χ3n) is 4.25. The summed E-state index contributed by atoms with van der Waals surface area (Å²) in [6, 6.07) is 7.53. The van der Waals surface area contributed by atoms with Crippen molar-refractivity contribution in [2.24, 2.45) is 5.41 Å². The maximum Gasteiger partial charge on any atom is 0.00132 e. The zero-order valence-electron chi connectivity index (χ0n) is 13.6. The summed E-state index contributed by atoms with van der Waals surface area (Å²) in [5.41, 5.74) is 4.65. The van der Waals surface area contributed by atoms with Crippen molar-refractivity contribution in [3.8, 4) is 0 Å². The summed E-state index contributed by atoms with van der Waals surface area (Å²) >= 11 is 0. The average Bonchev–Trinajstić information content (AvgIpc) is 2.33. The molecule has 0 unspecified atom stereocenters. The third-order valence-corrected chi connectivity index (χ3v) is 4.25. The number of hydrogen-bond acceptors (Lipinski definition) is 1. The summed E-state index contributed by atoms with van der Waals surface area (Å²) in [6.07, 6.45) is 3.65. The molecule has 0 radical (unpaired) electrons. The van der Waals surface area contributed by atoms with Crippen molar-refractivity contribution < 1.29 is 0 Å². The SMILES string of the molecule is CCC(CC)(CNC(C)C)Cc1cc(C)cc(C)c1. The fourth-order valence-corrected chi connectivity index (χ4v) is 2.84. The lowest BCUT2D eigenvalue weighted by molar-refractivity contribution is 0.239. The first-order chi connectivity index (χ1) is 8.90. The van der Waals surface area contributed by atoms with Crippen LogP contribution in [-0.4, -0.2) is 12.6 Å². The van der Waals surface area contributed by atoms with Crippen LogP contribution in [0.15, 0.2) is 18.2 Å². The Morgan fingerprint density at radius 2 is 1.53 bits per heavy atom. The molecule has 0 aliphatic carbocycles. The van der Waals surface area contributed by atoms with E-state index < -0.39 is 0 Å². The molecule has 0 fully saturated rings. The van der Waals surface area contributed by atoms with Crippen LogP contribution in [0.2, 0.25) is 0 Å². The van der Waals surface area contributed by atoms with Crippen LogP contribution in [0.25, 0.3) is 0 Å². The normalized spacial score (nSPS) is 12.2. The predicted octanol–water partition coefficient (Wildman–Crippen LogP) is 4.65. The lowest BCUT2D eigenvalue weighted by Crippen LogP contribution is -2.38. The number of aryl methyl sites for hydroxylation is 2. The van der Waals surface area contributed by atoms with E-state index in [0.29, 0.717) is 11.5 Å². The Morgan fingerprint density at radius 3 is 1.95 bits per heavy atom. The minimum Gasteiger partial charge on any atom is -0.314 e. The molecule has 0 saturated carbocycles. The zero-order chi connectivity index (χ0) is 14.5. The smallest absolute Gasteiger partial charge is 0.00132 e. The van der Waals surface area contributed by atoms with Gasteiger partial charge >= 0.3 is 0 Å². The fraction of sp³-hybridized carbons (Fsp3) is 0.667. The van der Waals surface area contributed by atoms with Crippen LogP contribution in [0.1, 0.15) is 57.2 Å². The second-order valence-corrected chi connectivity index (χ2v) is 6.42. The highest BCUT2D eigenvalue weighted by molar-refractivity contribution is 5.29. The maximum absolute atomic E-state index is 3.64. The Bertz CT molecular complexity index is 368. The van der Waals surface area contributed by atoms with E-state index in [9.17, 15) is 0 Å². The van der Waals surface area contributed by atoms with E-state index in [2.05, 4.69) is 65.1 Å². The van der Waals surface area contributed by atoms with Crippen LogP contribution >= 0.6 is 0 Å². The van der Waals surface area contributed by atoms with Crippen molar-refractivity contribution in [1.82, 2.24) is 5.32 Å².